The van der Waals surface area contributed by atoms with E-state index in [-0.39, 0.29) is 22.8 Å². The van der Waals surface area contributed by atoms with E-state index in [1.807, 2.05) is 82.3 Å². The number of sulfonamides is 1. The lowest BCUT2D eigenvalue weighted by Gasteiger charge is -2.24. The van der Waals surface area contributed by atoms with Crippen molar-refractivity contribution in [2.75, 3.05) is 35.9 Å². The number of carbonyl (C=O) groups excluding carboxylic acids is 1. The van der Waals surface area contributed by atoms with Gasteiger partial charge in [0, 0.05) is 45.8 Å². The molecule has 0 aliphatic carbocycles. The monoisotopic (exact) mass is 699 g/mol. The van der Waals surface area contributed by atoms with Gasteiger partial charge in [0.05, 0.1) is 35.9 Å². The third-order valence-corrected chi connectivity index (χ3v) is 9.01. The zero-order valence-corrected chi connectivity index (χ0v) is 30.5. The van der Waals surface area contributed by atoms with E-state index in [0.717, 1.165) is 45.0 Å². The van der Waals surface area contributed by atoms with Crippen LogP contribution >= 0.6 is 0 Å². The van der Waals surface area contributed by atoms with Crippen LogP contribution in [0.3, 0.4) is 0 Å². The Labute approximate surface area is 288 Å². The van der Waals surface area contributed by atoms with Crippen LogP contribution in [0.1, 0.15) is 53.6 Å². The highest BCUT2D eigenvalue weighted by Crippen LogP contribution is 2.39. The smallest absolute Gasteiger partial charge is 0.255 e. The van der Waals surface area contributed by atoms with Crippen LogP contribution in [0.5, 0.6) is 5.75 Å². The van der Waals surface area contributed by atoms with Crippen molar-refractivity contribution in [3.05, 3.63) is 107 Å². The molecule has 1 amide bonds. The van der Waals surface area contributed by atoms with Gasteiger partial charge in [0.1, 0.15) is 5.82 Å². The minimum atomic E-state index is -3.61. The average Bonchev–Trinajstić information content (AvgIpc) is 3.00. The lowest BCUT2D eigenvalue weighted by atomic mass is 9.86. The summed E-state index contributed by atoms with van der Waals surface area (Å²) in [7, 11) is -4.41. The highest BCUT2D eigenvalue weighted by atomic mass is 32.2. The number of amides is 1. The molecule has 0 atom stereocenters. The second-order valence-corrected chi connectivity index (χ2v) is 17.7. The molecule has 0 radical (unpaired) electrons. The number of carbonyl (C=O) groups is 1. The van der Waals surface area contributed by atoms with Gasteiger partial charge < -0.3 is 10.1 Å². The van der Waals surface area contributed by atoms with Crippen molar-refractivity contribution in [1.29, 1.82) is 0 Å². The molecule has 0 spiro atoms. The Morgan fingerprint density at radius 3 is 2.22 bits per heavy atom. The van der Waals surface area contributed by atoms with Crippen LogP contribution in [-0.4, -0.2) is 54.4 Å². The Morgan fingerprint density at radius 1 is 0.898 bits per heavy atom. The van der Waals surface area contributed by atoms with Gasteiger partial charge >= 0.3 is 0 Å². The van der Waals surface area contributed by atoms with Gasteiger partial charge in [-0.15, -0.1) is 0 Å². The van der Waals surface area contributed by atoms with Crippen LogP contribution in [0.4, 0.5) is 17.1 Å². The molecule has 0 aliphatic rings. The lowest BCUT2D eigenvalue weighted by Crippen LogP contribution is -2.18. The summed E-state index contributed by atoms with van der Waals surface area (Å²) < 4.78 is 48.6. The molecule has 12 heteroatoms. The number of ether oxygens (including phenoxy) is 1. The van der Waals surface area contributed by atoms with Crippen LogP contribution in [0.25, 0.3) is 22.0 Å². The quantitative estimate of drug-likeness (QED) is 0.163. The first-order valence-electron chi connectivity index (χ1n) is 15.5. The topological polar surface area (TPSA) is 140 Å². The zero-order valence-electron chi connectivity index (χ0n) is 28.9. The van der Waals surface area contributed by atoms with Crippen molar-refractivity contribution in [2.24, 2.45) is 4.36 Å². The number of nitrogens with zero attached hydrogens (tertiary/aromatic N) is 3. The van der Waals surface area contributed by atoms with Gasteiger partial charge in [0.15, 0.2) is 5.75 Å². The molecule has 1 heterocycles. The minimum Gasteiger partial charge on any atom is -0.492 e. The third kappa shape index (κ3) is 9.01. The van der Waals surface area contributed by atoms with Gasteiger partial charge in [-0.2, -0.15) is 4.36 Å². The second-order valence-electron chi connectivity index (χ2n) is 13.4. The standard InChI is InChI=1S/C37H41N5O5S2/c1-23-9-12-26(36(43)40-32-20-28(37(2,3)4)21-33(35(32)47-5)42-49(8,45)46)19-30(23)25-13-16-31-27(18-25)22-38-34(39-31)17-24-10-14-29(15-11-24)41-48(6,7)44/h9-16,18-22,42H,17H2,1-8H3,(H,40,43). The van der Waals surface area contributed by atoms with E-state index in [2.05, 4.69) is 19.4 Å². The minimum absolute atomic E-state index is 0.213. The molecular weight excluding hydrogens is 659 g/mol. The SMILES string of the molecule is COc1c(NC(=O)c2ccc(C)c(-c3ccc4nc(Cc5ccc(N=S(C)(C)=O)cc5)ncc4c3)c2)cc(C(C)(C)C)cc1NS(C)(=O)=O. The van der Waals surface area contributed by atoms with Gasteiger partial charge in [0.2, 0.25) is 10.0 Å². The number of nitrogens with one attached hydrogen (secondary N) is 2. The zero-order chi connectivity index (χ0) is 35.7. The van der Waals surface area contributed by atoms with E-state index < -0.39 is 19.8 Å². The van der Waals surface area contributed by atoms with E-state index in [1.54, 1.807) is 36.9 Å². The number of aromatic nitrogens is 2. The highest BCUT2D eigenvalue weighted by molar-refractivity contribution is 7.92. The van der Waals surface area contributed by atoms with Crippen molar-refractivity contribution in [2.45, 2.75) is 39.5 Å². The maximum Gasteiger partial charge on any atom is 0.255 e. The fourth-order valence-electron chi connectivity index (χ4n) is 5.35. The lowest BCUT2D eigenvalue weighted by molar-refractivity contribution is 0.102. The molecule has 0 fully saturated rings. The summed E-state index contributed by atoms with van der Waals surface area (Å²) >= 11 is 0. The maximum absolute atomic E-state index is 13.7. The Morgan fingerprint density at radius 2 is 1.59 bits per heavy atom. The van der Waals surface area contributed by atoms with Gasteiger partial charge in [-0.05, 0) is 88.7 Å². The molecule has 0 aliphatic heterocycles. The van der Waals surface area contributed by atoms with E-state index in [9.17, 15) is 17.4 Å². The summed E-state index contributed by atoms with van der Waals surface area (Å²) in [5.41, 5.74) is 6.76. The summed E-state index contributed by atoms with van der Waals surface area (Å²) in [5.74, 6) is 0.518. The first-order valence-corrected chi connectivity index (χ1v) is 19.8. The van der Waals surface area contributed by atoms with Crippen molar-refractivity contribution in [3.63, 3.8) is 0 Å². The fourth-order valence-corrected chi connectivity index (χ4v) is 6.53. The molecule has 5 rings (SSSR count). The largest absolute Gasteiger partial charge is 0.492 e. The molecule has 256 valence electrons. The van der Waals surface area contributed by atoms with Crippen molar-refractivity contribution in [3.8, 4) is 16.9 Å². The summed E-state index contributed by atoms with van der Waals surface area (Å²) in [6.07, 6.45) is 6.62. The molecule has 5 aromatic rings. The number of hydrogen-bond acceptors (Lipinski definition) is 8. The second kappa shape index (κ2) is 13.6. The van der Waals surface area contributed by atoms with Crippen molar-refractivity contribution < 1.29 is 22.2 Å². The molecule has 1 aromatic heterocycles. The third-order valence-electron chi connectivity index (χ3n) is 7.77. The van der Waals surface area contributed by atoms with Gasteiger partial charge in [-0.3, -0.25) is 9.52 Å². The van der Waals surface area contributed by atoms with Crippen LogP contribution in [-0.2, 0) is 31.6 Å². The fraction of sp³-hybridized carbons (Fsp3) is 0.270. The van der Waals surface area contributed by atoms with Crippen LogP contribution in [0, 0.1) is 6.92 Å². The van der Waals surface area contributed by atoms with Crippen LogP contribution < -0.4 is 14.8 Å². The van der Waals surface area contributed by atoms with Crippen LogP contribution in [0.15, 0.2) is 83.4 Å². The molecule has 2 N–H and O–H groups in total. The molecular formula is C37H41N5O5S2. The number of aryl methyl sites for hydroxylation is 1. The summed E-state index contributed by atoms with van der Waals surface area (Å²) in [5, 5.41) is 3.81. The predicted octanol–water partition coefficient (Wildman–Crippen LogP) is 7.49. The molecule has 49 heavy (non-hydrogen) atoms. The molecule has 10 nitrogen and oxygen atoms in total. The number of methoxy groups -OCH3 is 1. The number of fused-ring (bicyclic) bond motifs is 1. The Kier molecular flexibility index (Phi) is 9.85. The number of benzene rings is 4. The normalized spacial score (nSPS) is 12.1. The van der Waals surface area contributed by atoms with Gasteiger partial charge in [0.25, 0.3) is 5.91 Å². The van der Waals surface area contributed by atoms with E-state index in [4.69, 9.17) is 9.72 Å². The molecule has 0 saturated heterocycles. The van der Waals surface area contributed by atoms with Crippen molar-refractivity contribution in [1.82, 2.24) is 9.97 Å². The average molecular weight is 700 g/mol. The van der Waals surface area contributed by atoms with Gasteiger partial charge in [-0.25, -0.2) is 22.6 Å². The summed E-state index contributed by atoms with van der Waals surface area (Å²) in [6, 6.07) is 22.5. The first-order chi connectivity index (χ1) is 22.9. The van der Waals surface area contributed by atoms with Gasteiger partial charge in [-0.1, -0.05) is 45.0 Å². The highest BCUT2D eigenvalue weighted by Gasteiger charge is 2.23. The summed E-state index contributed by atoms with van der Waals surface area (Å²) in [4.78, 5) is 23.0. The molecule has 0 bridgehead atoms. The predicted molar refractivity (Wildman–Crippen MR) is 199 cm³/mol. The van der Waals surface area contributed by atoms with E-state index in [1.165, 1.54) is 7.11 Å². The van der Waals surface area contributed by atoms with E-state index >= 15 is 0 Å². The van der Waals surface area contributed by atoms with Crippen molar-refractivity contribution >= 4 is 53.6 Å². The molecule has 4 aromatic carbocycles. The Balaban J connectivity index is 1.41. The number of anilines is 2. The number of hydrogen-bond donors (Lipinski definition) is 2. The molecule has 0 unspecified atom stereocenters. The van der Waals surface area contributed by atoms with Crippen LogP contribution in [0.2, 0.25) is 0 Å². The first kappa shape index (κ1) is 35.5. The number of rotatable bonds is 9. The molecule has 0 saturated carbocycles. The Bertz CT molecular complexity index is 2300. The van der Waals surface area contributed by atoms with E-state index in [0.29, 0.717) is 29.2 Å². The maximum atomic E-state index is 13.7. The Hall–Kier alpha value is -4.81. The summed E-state index contributed by atoms with van der Waals surface area (Å²) in [6.45, 7) is 7.99.